The lowest BCUT2D eigenvalue weighted by Gasteiger charge is -2.45. The highest BCUT2D eigenvalue weighted by Crippen LogP contribution is 2.47. The molecule has 0 spiro atoms. The predicted molar refractivity (Wildman–Crippen MR) is 119 cm³/mol. The molecule has 3 saturated carbocycles. The van der Waals surface area contributed by atoms with Gasteiger partial charge in [-0.05, 0) is 68.3 Å². The first-order chi connectivity index (χ1) is 15.0. The van der Waals surface area contributed by atoms with E-state index in [1.165, 1.54) is 71.1 Å². The second-order valence-corrected chi connectivity index (χ2v) is 9.84. The molecule has 5 rings (SSSR count). The molecule has 1 saturated heterocycles. The number of benzene rings is 1. The molecule has 6 heteroatoms. The van der Waals surface area contributed by atoms with Crippen LogP contribution >= 0.6 is 0 Å². The van der Waals surface area contributed by atoms with Crippen molar-refractivity contribution in [1.82, 2.24) is 9.80 Å². The largest absolute Gasteiger partial charge is 0.473 e. The maximum atomic E-state index is 9.10. The molecule has 0 amide bonds. The van der Waals surface area contributed by atoms with Gasteiger partial charge < -0.3 is 10.2 Å². The third kappa shape index (κ3) is 5.47. The van der Waals surface area contributed by atoms with E-state index in [0.29, 0.717) is 0 Å². The monoisotopic (exact) mass is 428 g/mol. The van der Waals surface area contributed by atoms with Crippen LogP contribution in [-0.4, -0.2) is 70.2 Å². The van der Waals surface area contributed by atoms with Gasteiger partial charge in [0.1, 0.15) is 0 Å². The number of aliphatic carboxylic acids is 2. The fourth-order valence-electron chi connectivity index (χ4n) is 6.59. The molecule has 170 valence electrons. The topological polar surface area (TPSA) is 81.1 Å². The van der Waals surface area contributed by atoms with E-state index in [-0.39, 0.29) is 0 Å². The molecule has 1 aliphatic heterocycles. The Bertz CT molecular complexity index is 727. The van der Waals surface area contributed by atoms with Crippen LogP contribution in [0.5, 0.6) is 0 Å². The second-order valence-electron chi connectivity index (χ2n) is 9.84. The highest BCUT2D eigenvalue weighted by atomic mass is 16.4. The summed E-state index contributed by atoms with van der Waals surface area (Å²) in [6, 6.07) is 13.0. The van der Waals surface area contributed by atoms with Crippen molar-refractivity contribution in [3.05, 3.63) is 35.9 Å². The first-order valence-corrected chi connectivity index (χ1v) is 12.0. The average Bonchev–Trinajstić information content (AvgIpc) is 3.44. The Balaban J connectivity index is 0.000000342. The minimum Gasteiger partial charge on any atom is -0.473 e. The van der Waals surface area contributed by atoms with Crippen LogP contribution in [0.1, 0.15) is 62.8 Å². The molecular formula is C25H36N2O4. The Kier molecular flexibility index (Phi) is 7.28. The van der Waals surface area contributed by atoms with Gasteiger partial charge in [0.2, 0.25) is 0 Å². The highest BCUT2D eigenvalue weighted by molar-refractivity contribution is 6.27. The predicted octanol–water partition coefficient (Wildman–Crippen LogP) is 3.67. The fourth-order valence-corrected chi connectivity index (χ4v) is 6.59. The van der Waals surface area contributed by atoms with Crippen molar-refractivity contribution in [1.29, 1.82) is 0 Å². The molecule has 2 N–H and O–H groups in total. The SMILES string of the molecule is O=C(O)C(=O)O.c1ccc(C2CCC(N3CCN(C4CC5CCC4C5)CC3)CC2)cc1. The van der Waals surface area contributed by atoms with E-state index in [9.17, 15) is 0 Å². The number of carboxylic acid groups (broad SMARTS) is 2. The Morgan fingerprint density at radius 1 is 0.742 bits per heavy atom. The molecule has 1 heterocycles. The zero-order chi connectivity index (χ0) is 21.8. The van der Waals surface area contributed by atoms with E-state index in [4.69, 9.17) is 19.8 Å². The Labute approximate surface area is 185 Å². The summed E-state index contributed by atoms with van der Waals surface area (Å²) in [6.45, 7) is 5.34. The number of fused-ring (bicyclic) bond motifs is 2. The maximum absolute atomic E-state index is 9.10. The summed E-state index contributed by atoms with van der Waals surface area (Å²) in [5.41, 5.74) is 1.57. The quantitative estimate of drug-likeness (QED) is 0.715. The summed E-state index contributed by atoms with van der Waals surface area (Å²) in [7, 11) is 0. The molecule has 3 atom stereocenters. The number of hydrogen-bond acceptors (Lipinski definition) is 4. The highest BCUT2D eigenvalue weighted by Gasteiger charge is 2.43. The van der Waals surface area contributed by atoms with Crippen molar-refractivity contribution >= 4 is 11.9 Å². The number of nitrogens with zero attached hydrogens (tertiary/aromatic N) is 2. The number of rotatable bonds is 3. The van der Waals surface area contributed by atoms with Gasteiger partial charge in [0, 0.05) is 38.3 Å². The van der Waals surface area contributed by atoms with Crippen molar-refractivity contribution in [2.75, 3.05) is 26.2 Å². The lowest BCUT2D eigenvalue weighted by molar-refractivity contribution is -0.159. The number of carbonyl (C=O) groups is 2. The van der Waals surface area contributed by atoms with Gasteiger partial charge in [-0.15, -0.1) is 0 Å². The first-order valence-electron chi connectivity index (χ1n) is 12.0. The minimum absolute atomic E-state index is 0.813. The maximum Gasteiger partial charge on any atom is 0.414 e. The molecule has 1 aromatic rings. The van der Waals surface area contributed by atoms with Crippen LogP contribution in [0.25, 0.3) is 0 Å². The third-order valence-electron chi connectivity index (χ3n) is 8.19. The van der Waals surface area contributed by atoms with Gasteiger partial charge >= 0.3 is 11.9 Å². The zero-order valence-corrected chi connectivity index (χ0v) is 18.4. The van der Waals surface area contributed by atoms with Crippen LogP contribution in [0.15, 0.2) is 30.3 Å². The van der Waals surface area contributed by atoms with Crippen LogP contribution in [-0.2, 0) is 9.59 Å². The van der Waals surface area contributed by atoms with E-state index in [1.54, 1.807) is 12.0 Å². The van der Waals surface area contributed by atoms with Crippen LogP contribution in [0, 0.1) is 11.8 Å². The smallest absolute Gasteiger partial charge is 0.414 e. The summed E-state index contributed by atoms with van der Waals surface area (Å²) < 4.78 is 0. The molecule has 3 unspecified atom stereocenters. The first kappa shape index (κ1) is 22.3. The van der Waals surface area contributed by atoms with Gasteiger partial charge in [0.25, 0.3) is 0 Å². The third-order valence-corrected chi connectivity index (χ3v) is 8.19. The second kappa shape index (κ2) is 10.1. The van der Waals surface area contributed by atoms with Crippen LogP contribution in [0.3, 0.4) is 0 Å². The normalized spacial score (nSPS) is 33.5. The van der Waals surface area contributed by atoms with E-state index in [1.807, 2.05) is 0 Å². The van der Waals surface area contributed by atoms with E-state index < -0.39 is 11.9 Å². The van der Waals surface area contributed by atoms with Gasteiger partial charge in [0.05, 0.1) is 0 Å². The molecule has 31 heavy (non-hydrogen) atoms. The molecule has 0 radical (unpaired) electrons. The zero-order valence-electron chi connectivity index (χ0n) is 18.4. The molecule has 4 aliphatic rings. The summed E-state index contributed by atoms with van der Waals surface area (Å²) in [5.74, 6) is -0.697. The summed E-state index contributed by atoms with van der Waals surface area (Å²) >= 11 is 0. The minimum atomic E-state index is -1.82. The van der Waals surface area contributed by atoms with Crippen molar-refractivity contribution in [3.8, 4) is 0 Å². The Morgan fingerprint density at radius 2 is 1.35 bits per heavy atom. The number of carboxylic acids is 2. The molecule has 4 fully saturated rings. The van der Waals surface area contributed by atoms with Crippen molar-refractivity contribution in [2.45, 2.75) is 69.4 Å². The van der Waals surface area contributed by atoms with Gasteiger partial charge in [-0.25, -0.2) is 9.59 Å². The molecule has 6 nitrogen and oxygen atoms in total. The molecule has 0 aromatic heterocycles. The molecular weight excluding hydrogens is 392 g/mol. The van der Waals surface area contributed by atoms with Crippen molar-refractivity contribution < 1.29 is 19.8 Å². The van der Waals surface area contributed by atoms with Crippen LogP contribution in [0.2, 0.25) is 0 Å². The van der Waals surface area contributed by atoms with Crippen LogP contribution in [0.4, 0.5) is 0 Å². The Morgan fingerprint density at radius 3 is 1.87 bits per heavy atom. The number of piperazine rings is 1. The van der Waals surface area contributed by atoms with Gasteiger partial charge in [-0.3, -0.25) is 9.80 Å². The average molecular weight is 429 g/mol. The summed E-state index contributed by atoms with van der Waals surface area (Å²) in [6.07, 6.45) is 11.7. The Hall–Kier alpha value is -1.92. The van der Waals surface area contributed by atoms with Gasteiger partial charge in [0.15, 0.2) is 0 Å². The lowest BCUT2D eigenvalue weighted by atomic mass is 9.81. The molecule has 1 aromatic carbocycles. The lowest BCUT2D eigenvalue weighted by Crippen LogP contribution is -2.54. The van der Waals surface area contributed by atoms with Crippen molar-refractivity contribution in [3.63, 3.8) is 0 Å². The van der Waals surface area contributed by atoms with E-state index >= 15 is 0 Å². The number of hydrogen-bond donors (Lipinski definition) is 2. The van der Waals surface area contributed by atoms with Gasteiger partial charge in [-0.2, -0.15) is 0 Å². The van der Waals surface area contributed by atoms with Crippen LogP contribution < -0.4 is 0 Å². The summed E-state index contributed by atoms with van der Waals surface area (Å²) in [5, 5.41) is 14.8. The van der Waals surface area contributed by atoms with E-state index in [2.05, 4.69) is 40.1 Å². The van der Waals surface area contributed by atoms with Crippen molar-refractivity contribution in [2.24, 2.45) is 11.8 Å². The van der Waals surface area contributed by atoms with Gasteiger partial charge in [-0.1, -0.05) is 36.8 Å². The van der Waals surface area contributed by atoms with E-state index in [0.717, 1.165) is 29.8 Å². The fraction of sp³-hybridized carbons (Fsp3) is 0.680. The molecule has 3 aliphatic carbocycles. The standard InChI is InChI=1S/C23H34N2.C2H2O4/c1-2-4-19(5-3-1)20-8-10-22(11-9-20)24-12-14-25(15-13-24)23-17-18-6-7-21(23)16-18;3-1(4)2(5)6/h1-5,18,20-23H,6-17H2;(H,3,4)(H,5,6). The molecule has 2 bridgehead atoms. The summed E-state index contributed by atoms with van der Waals surface area (Å²) in [4.78, 5) is 23.9.